The molecule has 2 amide bonds. The summed E-state index contributed by atoms with van der Waals surface area (Å²) in [5.41, 5.74) is 7.99. The molecule has 0 radical (unpaired) electrons. The normalized spacial score (nSPS) is 19.2. The molecule has 2 N–H and O–H groups in total. The highest BCUT2D eigenvalue weighted by Gasteiger charge is 2.35. The Kier molecular flexibility index (Phi) is 5.07. The Morgan fingerprint density at radius 3 is 2.69 bits per heavy atom. The van der Waals surface area contributed by atoms with Gasteiger partial charge in [-0.15, -0.1) is 0 Å². The lowest BCUT2D eigenvalue weighted by atomic mass is 9.85. The van der Waals surface area contributed by atoms with E-state index in [1.54, 1.807) is 24.2 Å². The van der Waals surface area contributed by atoms with E-state index in [1.165, 1.54) is 0 Å². The fourth-order valence-corrected chi connectivity index (χ4v) is 3.41. The number of para-hydroxylation sites is 1. The van der Waals surface area contributed by atoms with Crippen LogP contribution in [-0.2, 0) is 9.59 Å². The molecule has 0 unspecified atom stereocenters. The van der Waals surface area contributed by atoms with E-state index in [0.717, 1.165) is 22.6 Å². The second-order valence-corrected chi connectivity index (χ2v) is 6.42. The summed E-state index contributed by atoms with van der Waals surface area (Å²) in [6.07, 6.45) is 3.83. The van der Waals surface area contributed by atoms with Crippen LogP contribution >= 0.6 is 0 Å². The van der Waals surface area contributed by atoms with Gasteiger partial charge < -0.3 is 15.4 Å². The van der Waals surface area contributed by atoms with E-state index in [2.05, 4.69) is 0 Å². The van der Waals surface area contributed by atoms with Gasteiger partial charge in [0.05, 0.1) is 13.0 Å². The van der Waals surface area contributed by atoms with Crippen molar-refractivity contribution in [1.29, 1.82) is 0 Å². The van der Waals surface area contributed by atoms with Crippen LogP contribution in [0.4, 0.5) is 5.69 Å². The minimum absolute atomic E-state index is 0.121. The number of nitrogens with two attached hydrogens (primary N) is 1. The monoisotopic (exact) mass is 350 g/mol. The van der Waals surface area contributed by atoms with Gasteiger partial charge in [-0.05, 0) is 48.7 Å². The first-order chi connectivity index (χ1) is 12.5. The van der Waals surface area contributed by atoms with Crippen molar-refractivity contribution in [2.75, 3.05) is 12.0 Å². The van der Waals surface area contributed by atoms with Gasteiger partial charge in [0.2, 0.25) is 5.91 Å². The molecule has 5 nitrogen and oxygen atoms in total. The van der Waals surface area contributed by atoms with Gasteiger partial charge in [-0.25, -0.2) is 0 Å². The Hall–Kier alpha value is -3.08. The molecule has 0 fully saturated rings. The summed E-state index contributed by atoms with van der Waals surface area (Å²) in [4.78, 5) is 26.4. The molecule has 0 bridgehead atoms. The number of rotatable bonds is 4. The molecule has 2 aromatic rings. The van der Waals surface area contributed by atoms with Gasteiger partial charge in [0.15, 0.2) is 0 Å². The minimum atomic E-state index is -0.368. The third-order valence-electron chi connectivity index (χ3n) is 4.68. The largest absolute Gasteiger partial charge is 0.497 e. The molecule has 1 aliphatic heterocycles. The zero-order chi connectivity index (χ0) is 18.7. The Morgan fingerprint density at radius 1 is 1.19 bits per heavy atom. The lowest BCUT2D eigenvalue weighted by molar-refractivity contribution is -0.120. The molecule has 2 atom stereocenters. The van der Waals surface area contributed by atoms with Crippen molar-refractivity contribution in [3.8, 4) is 5.75 Å². The summed E-state index contributed by atoms with van der Waals surface area (Å²) in [6.45, 7) is 1.93. The molecule has 134 valence electrons. The van der Waals surface area contributed by atoms with Crippen molar-refractivity contribution < 1.29 is 14.3 Å². The molecule has 1 heterocycles. The molecule has 0 aromatic heterocycles. The first-order valence-electron chi connectivity index (χ1n) is 8.55. The maximum atomic E-state index is 12.9. The number of methoxy groups -OCH3 is 1. The van der Waals surface area contributed by atoms with Crippen LogP contribution in [0.5, 0.6) is 5.75 Å². The van der Waals surface area contributed by atoms with Crippen molar-refractivity contribution in [2.45, 2.75) is 25.3 Å². The standard InChI is InChI=1S/C21H22N2O3/c1-14-12-18(21(22)25)17-8-3-4-9-19(17)23(14)20(24)11-10-15-6-5-7-16(13-15)26-2/h3-11,13-14,18H,12H2,1-2H3,(H2,22,25)/b11-10+/t14-,18-/m1/s1. The van der Waals surface area contributed by atoms with Crippen LogP contribution in [0.1, 0.15) is 30.4 Å². The van der Waals surface area contributed by atoms with Crippen LogP contribution in [-0.4, -0.2) is 25.0 Å². The molecule has 3 rings (SSSR count). The Morgan fingerprint density at radius 2 is 1.96 bits per heavy atom. The number of nitrogens with zero attached hydrogens (tertiary/aromatic N) is 1. The molecule has 26 heavy (non-hydrogen) atoms. The topological polar surface area (TPSA) is 72.6 Å². The third-order valence-corrected chi connectivity index (χ3v) is 4.68. The Labute approximate surface area is 153 Å². The van der Waals surface area contributed by atoms with Crippen molar-refractivity contribution in [1.82, 2.24) is 0 Å². The first kappa shape index (κ1) is 17.7. The molecule has 5 heteroatoms. The zero-order valence-corrected chi connectivity index (χ0v) is 14.9. The third kappa shape index (κ3) is 3.47. The van der Waals surface area contributed by atoms with Gasteiger partial charge >= 0.3 is 0 Å². The molecule has 0 spiro atoms. The number of anilines is 1. The highest BCUT2D eigenvalue weighted by molar-refractivity contribution is 6.06. The van der Waals surface area contributed by atoms with Gasteiger partial charge in [-0.3, -0.25) is 9.59 Å². The molecule has 1 aliphatic rings. The number of hydrogen-bond donors (Lipinski definition) is 1. The van der Waals surface area contributed by atoms with Crippen LogP contribution < -0.4 is 15.4 Å². The van der Waals surface area contributed by atoms with E-state index < -0.39 is 0 Å². The number of primary amides is 1. The van der Waals surface area contributed by atoms with Crippen LogP contribution in [0.3, 0.4) is 0 Å². The summed E-state index contributed by atoms with van der Waals surface area (Å²) in [5, 5.41) is 0. The number of hydrogen-bond acceptors (Lipinski definition) is 3. The minimum Gasteiger partial charge on any atom is -0.497 e. The number of carbonyl (C=O) groups excluding carboxylic acids is 2. The lowest BCUT2D eigenvalue weighted by Gasteiger charge is -2.37. The van der Waals surface area contributed by atoms with Crippen LogP contribution in [0.15, 0.2) is 54.6 Å². The van der Waals surface area contributed by atoms with E-state index in [1.807, 2.05) is 55.5 Å². The van der Waals surface area contributed by atoms with Gasteiger partial charge in [-0.2, -0.15) is 0 Å². The number of benzene rings is 2. The predicted molar refractivity (Wildman–Crippen MR) is 102 cm³/mol. The van der Waals surface area contributed by atoms with Crippen LogP contribution in [0.2, 0.25) is 0 Å². The highest BCUT2D eigenvalue weighted by atomic mass is 16.5. The van der Waals surface area contributed by atoms with Crippen molar-refractivity contribution in [3.05, 3.63) is 65.7 Å². The summed E-state index contributed by atoms with van der Waals surface area (Å²) < 4.78 is 5.20. The molecule has 0 aliphatic carbocycles. The van der Waals surface area contributed by atoms with Gasteiger partial charge in [0, 0.05) is 17.8 Å². The van der Waals surface area contributed by atoms with Crippen molar-refractivity contribution >= 4 is 23.6 Å². The number of fused-ring (bicyclic) bond motifs is 1. The number of ether oxygens (including phenoxy) is 1. The fraction of sp³-hybridized carbons (Fsp3) is 0.238. The van der Waals surface area contributed by atoms with Crippen molar-refractivity contribution in [3.63, 3.8) is 0 Å². The van der Waals surface area contributed by atoms with E-state index >= 15 is 0 Å². The fourth-order valence-electron chi connectivity index (χ4n) is 3.41. The number of carbonyl (C=O) groups is 2. The SMILES string of the molecule is COc1cccc(/C=C/C(=O)N2c3ccccc3[C@H](C(N)=O)C[C@H]2C)c1. The smallest absolute Gasteiger partial charge is 0.251 e. The van der Waals surface area contributed by atoms with Crippen molar-refractivity contribution in [2.24, 2.45) is 5.73 Å². The molecule has 0 saturated carbocycles. The predicted octanol–water partition coefficient (Wildman–Crippen LogP) is 3.10. The Balaban J connectivity index is 1.89. The first-order valence-corrected chi connectivity index (χ1v) is 8.55. The number of amides is 2. The maximum absolute atomic E-state index is 12.9. The maximum Gasteiger partial charge on any atom is 0.251 e. The summed E-state index contributed by atoms with van der Waals surface area (Å²) in [7, 11) is 1.61. The average molecular weight is 350 g/mol. The average Bonchev–Trinajstić information content (AvgIpc) is 2.65. The van der Waals surface area contributed by atoms with E-state index in [9.17, 15) is 9.59 Å². The molecule has 0 saturated heterocycles. The Bertz CT molecular complexity index is 860. The summed E-state index contributed by atoms with van der Waals surface area (Å²) >= 11 is 0. The van der Waals surface area contributed by atoms with Crippen LogP contribution in [0, 0.1) is 0 Å². The molecular formula is C21H22N2O3. The van der Waals surface area contributed by atoms with E-state index in [-0.39, 0.29) is 23.8 Å². The van der Waals surface area contributed by atoms with Gasteiger partial charge in [0.25, 0.3) is 5.91 Å². The molecule has 2 aromatic carbocycles. The summed E-state index contributed by atoms with van der Waals surface area (Å²) in [5.74, 6) is -0.118. The second kappa shape index (κ2) is 7.44. The highest BCUT2D eigenvalue weighted by Crippen LogP contribution is 2.38. The van der Waals surface area contributed by atoms with E-state index in [4.69, 9.17) is 10.5 Å². The quantitative estimate of drug-likeness (QED) is 0.861. The van der Waals surface area contributed by atoms with Gasteiger partial charge in [-0.1, -0.05) is 30.3 Å². The zero-order valence-electron chi connectivity index (χ0n) is 14.9. The lowest BCUT2D eigenvalue weighted by Crippen LogP contribution is -2.44. The van der Waals surface area contributed by atoms with Crippen LogP contribution in [0.25, 0.3) is 6.08 Å². The summed E-state index contributed by atoms with van der Waals surface area (Å²) in [6, 6.07) is 14.8. The molecular weight excluding hydrogens is 328 g/mol. The van der Waals surface area contributed by atoms with Gasteiger partial charge in [0.1, 0.15) is 5.75 Å². The van der Waals surface area contributed by atoms with E-state index in [0.29, 0.717) is 6.42 Å². The second-order valence-electron chi connectivity index (χ2n) is 6.42.